The number of nitrogens with zero attached hydrogens (tertiary/aromatic N) is 4. The van der Waals surface area contributed by atoms with Gasteiger partial charge < -0.3 is 5.32 Å². The summed E-state index contributed by atoms with van der Waals surface area (Å²) in [6, 6.07) is 3.48. The first-order valence-electron chi connectivity index (χ1n) is 5.43. The van der Waals surface area contributed by atoms with E-state index in [4.69, 9.17) is 0 Å². The van der Waals surface area contributed by atoms with Crippen molar-refractivity contribution in [1.29, 1.82) is 0 Å². The van der Waals surface area contributed by atoms with E-state index in [1.54, 1.807) is 25.4 Å². The topological polar surface area (TPSA) is 103 Å². The second kappa shape index (κ2) is 5.25. The maximum absolute atomic E-state index is 11.6. The van der Waals surface area contributed by atoms with Crippen molar-refractivity contribution in [3.05, 3.63) is 56.9 Å². The summed E-state index contributed by atoms with van der Waals surface area (Å²) in [4.78, 5) is 29.1. The van der Waals surface area contributed by atoms with Crippen molar-refractivity contribution in [2.45, 2.75) is 6.54 Å². The highest BCUT2D eigenvalue weighted by molar-refractivity contribution is 5.36. The van der Waals surface area contributed by atoms with E-state index in [0.29, 0.717) is 5.82 Å². The highest BCUT2D eigenvalue weighted by Gasteiger charge is 2.09. The van der Waals surface area contributed by atoms with Crippen LogP contribution in [0.4, 0.5) is 11.5 Å². The van der Waals surface area contributed by atoms with E-state index in [1.807, 2.05) is 0 Å². The van der Waals surface area contributed by atoms with E-state index in [0.717, 1.165) is 11.8 Å². The molecule has 0 aliphatic rings. The van der Waals surface area contributed by atoms with Crippen LogP contribution in [0.15, 0.2) is 35.5 Å². The van der Waals surface area contributed by atoms with Crippen molar-refractivity contribution in [3.8, 4) is 0 Å². The van der Waals surface area contributed by atoms with E-state index < -0.39 is 10.6 Å². The van der Waals surface area contributed by atoms with Gasteiger partial charge in [-0.25, -0.2) is 9.78 Å². The number of rotatable bonds is 4. The molecule has 0 fully saturated rings. The third-order valence-electron chi connectivity index (χ3n) is 2.49. The third kappa shape index (κ3) is 2.92. The van der Waals surface area contributed by atoms with Gasteiger partial charge in [0.2, 0.25) is 0 Å². The van der Waals surface area contributed by atoms with Crippen molar-refractivity contribution in [2.24, 2.45) is 0 Å². The van der Waals surface area contributed by atoms with Gasteiger partial charge >= 0.3 is 11.4 Å². The van der Waals surface area contributed by atoms with Crippen molar-refractivity contribution in [3.63, 3.8) is 0 Å². The lowest BCUT2D eigenvalue weighted by atomic mass is 10.2. The molecular weight excluding hydrogens is 250 g/mol. The molecule has 98 valence electrons. The largest absolute Gasteiger partial charge is 0.373 e. The van der Waals surface area contributed by atoms with E-state index >= 15 is 0 Å². The Morgan fingerprint density at radius 3 is 2.95 bits per heavy atom. The fourth-order valence-corrected chi connectivity index (χ4v) is 1.56. The molecule has 2 aromatic rings. The first-order valence-corrected chi connectivity index (χ1v) is 5.43. The van der Waals surface area contributed by atoms with Crippen molar-refractivity contribution in [2.75, 3.05) is 12.4 Å². The summed E-state index contributed by atoms with van der Waals surface area (Å²) in [5.74, 6) is 0.656. The molecule has 0 aromatic carbocycles. The first kappa shape index (κ1) is 12.7. The zero-order chi connectivity index (χ0) is 13.8. The van der Waals surface area contributed by atoms with Gasteiger partial charge in [-0.15, -0.1) is 0 Å². The van der Waals surface area contributed by atoms with Gasteiger partial charge in [0.1, 0.15) is 12.0 Å². The average Bonchev–Trinajstić information content (AvgIpc) is 2.41. The molecular formula is C11H11N5O3. The molecule has 1 N–H and O–H groups in total. The SMILES string of the molecule is CNc1cc(Cn2cc([N+](=O)[O-])cnc2=O)ccn1. The van der Waals surface area contributed by atoms with Gasteiger partial charge in [0.25, 0.3) is 0 Å². The van der Waals surface area contributed by atoms with Crippen molar-refractivity contribution in [1.82, 2.24) is 14.5 Å². The number of hydrogen-bond acceptors (Lipinski definition) is 6. The number of anilines is 1. The Bertz CT molecular complexity index is 667. The number of nitrogens with one attached hydrogen (secondary N) is 1. The Morgan fingerprint density at radius 1 is 1.47 bits per heavy atom. The monoisotopic (exact) mass is 261 g/mol. The minimum Gasteiger partial charge on any atom is -0.373 e. The Hall–Kier alpha value is -2.77. The zero-order valence-corrected chi connectivity index (χ0v) is 10.1. The molecule has 0 unspecified atom stereocenters. The second-order valence-electron chi connectivity index (χ2n) is 3.78. The molecule has 2 heterocycles. The number of hydrogen-bond donors (Lipinski definition) is 1. The maximum Gasteiger partial charge on any atom is 0.348 e. The van der Waals surface area contributed by atoms with Crippen LogP contribution in [-0.4, -0.2) is 26.5 Å². The predicted molar refractivity (Wildman–Crippen MR) is 68.0 cm³/mol. The summed E-state index contributed by atoms with van der Waals surface area (Å²) in [6.07, 6.45) is 3.72. The average molecular weight is 261 g/mol. The van der Waals surface area contributed by atoms with Gasteiger partial charge in [0, 0.05) is 13.2 Å². The minimum absolute atomic E-state index is 0.199. The third-order valence-corrected chi connectivity index (χ3v) is 2.49. The molecule has 0 bridgehead atoms. The maximum atomic E-state index is 11.6. The van der Waals surface area contributed by atoms with Crippen LogP contribution in [0, 0.1) is 10.1 Å². The van der Waals surface area contributed by atoms with Crippen LogP contribution in [0.5, 0.6) is 0 Å². The molecule has 0 aliphatic carbocycles. The van der Waals surface area contributed by atoms with Crippen LogP contribution in [0.3, 0.4) is 0 Å². The zero-order valence-electron chi connectivity index (χ0n) is 10.1. The molecule has 0 saturated heterocycles. The van der Waals surface area contributed by atoms with Gasteiger partial charge in [-0.2, -0.15) is 4.98 Å². The fraction of sp³-hybridized carbons (Fsp3) is 0.182. The lowest BCUT2D eigenvalue weighted by Gasteiger charge is -2.06. The molecule has 2 aromatic heterocycles. The number of nitro groups is 1. The standard InChI is InChI=1S/C11H11N5O3/c1-12-10-4-8(2-3-13-10)6-15-7-9(16(18)19)5-14-11(15)17/h2-5,7H,6H2,1H3,(H,12,13). The van der Waals surface area contributed by atoms with Crippen LogP contribution < -0.4 is 11.0 Å². The summed E-state index contributed by atoms with van der Waals surface area (Å²) in [7, 11) is 1.73. The van der Waals surface area contributed by atoms with Crippen molar-refractivity contribution < 1.29 is 4.92 Å². The van der Waals surface area contributed by atoms with Crippen LogP contribution >= 0.6 is 0 Å². The Kier molecular flexibility index (Phi) is 3.51. The minimum atomic E-state index is -0.589. The smallest absolute Gasteiger partial charge is 0.348 e. The fourth-order valence-electron chi connectivity index (χ4n) is 1.56. The number of pyridine rings is 1. The summed E-state index contributed by atoms with van der Waals surface area (Å²) in [5.41, 5.74) is 0.0414. The summed E-state index contributed by atoms with van der Waals surface area (Å²) < 4.78 is 1.19. The molecule has 0 aliphatic heterocycles. The second-order valence-corrected chi connectivity index (χ2v) is 3.78. The summed E-state index contributed by atoms with van der Waals surface area (Å²) >= 11 is 0. The Labute approximate surface area is 107 Å². The van der Waals surface area contributed by atoms with Gasteiger partial charge in [-0.3, -0.25) is 14.7 Å². The van der Waals surface area contributed by atoms with Crippen LogP contribution in [0.2, 0.25) is 0 Å². The summed E-state index contributed by atoms with van der Waals surface area (Å²) in [6.45, 7) is 0.199. The lowest BCUT2D eigenvalue weighted by Crippen LogP contribution is -2.23. The first-order chi connectivity index (χ1) is 9.10. The predicted octanol–water partition coefficient (Wildman–Crippen LogP) is 0.636. The summed E-state index contributed by atoms with van der Waals surface area (Å²) in [5, 5.41) is 13.5. The van der Waals surface area contributed by atoms with E-state index in [-0.39, 0.29) is 12.2 Å². The molecule has 0 amide bonds. The van der Waals surface area contributed by atoms with E-state index in [9.17, 15) is 14.9 Å². The number of aromatic nitrogens is 3. The van der Waals surface area contributed by atoms with Crippen molar-refractivity contribution >= 4 is 11.5 Å². The molecule has 0 atom stereocenters. The highest BCUT2D eigenvalue weighted by atomic mass is 16.6. The van der Waals surface area contributed by atoms with Crippen LogP contribution in [-0.2, 0) is 6.54 Å². The van der Waals surface area contributed by atoms with Gasteiger partial charge in [-0.05, 0) is 17.7 Å². The van der Waals surface area contributed by atoms with E-state index in [2.05, 4.69) is 15.3 Å². The quantitative estimate of drug-likeness (QED) is 0.639. The molecule has 0 radical (unpaired) electrons. The van der Waals surface area contributed by atoms with Gasteiger partial charge in [-0.1, -0.05) is 0 Å². The van der Waals surface area contributed by atoms with E-state index in [1.165, 1.54) is 10.8 Å². The molecule has 19 heavy (non-hydrogen) atoms. The lowest BCUT2D eigenvalue weighted by molar-refractivity contribution is -0.385. The normalized spacial score (nSPS) is 10.2. The highest BCUT2D eigenvalue weighted by Crippen LogP contribution is 2.09. The van der Waals surface area contributed by atoms with Crippen LogP contribution in [0.1, 0.15) is 5.56 Å². The Morgan fingerprint density at radius 2 is 2.26 bits per heavy atom. The molecule has 0 spiro atoms. The Balaban J connectivity index is 2.34. The molecule has 8 nitrogen and oxygen atoms in total. The molecule has 2 rings (SSSR count). The van der Waals surface area contributed by atoms with Gasteiger partial charge in [0.15, 0.2) is 0 Å². The molecule has 0 saturated carbocycles. The van der Waals surface area contributed by atoms with Crippen LogP contribution in [0.25, 0.3) is 0 Å². The van der Waals surface area contributed by atoms with Gasteiger partial charge in [0.05, 0.1) is 17.7 Å². The molecule has 8 heteroatoms.